The van der Waals surface area contributed by atoms with Crippen molar-refractivity contribution in [3.63, 3.8) is 0 Å². The van der Waals surface area contributed by atoms with Crippen LogP contribution in [0.4, 0.5) is 5.82 Å². The van der Waals surface area contributed by atoms with Crippen LogP contribution < -0.4 is 11.1 Å². The second-order valence-electron chi connectivity index (χ2n) is 5.26. The van der Waals surface area contributed by atoms with Crippen LogP contribution >= 0.6 is 0 Å². The van der Waals surface area contributed by atoms with Crippen molar-refractivity contribution in [2.24, 2.45) is 11.7 Å². The lowest BCUT2D eigenvalue weighted by atomic mass is 9.86. The summed E-state index contributed by atoms with van der Waals surface area (Å²) in [7, 11) is 0. The number of rotatable bonds is 3. The van der Waals surface area contributed by atoms with Crippen molar-refractivity contribution in [3.05, 3.63) is 24.5 Å². The zero-order valence-corrected chi connectivity index (χ0v) is 10.9. The second-order valence-corrected chi connectivity index (χ2v) is 5.26. The van der Waals surface area contributed by atoms with Gasteiger partial charge < -0.3 is 11.1 Å². The zero-order chi connectivity index (χ0) is 13.1. The molecule has 0 spiro atoms. The van der Waals surface area contributed by atoms with Crippen molar-refractivity contribution in [2.75, 3.05) is 11.9 Å². The van der Waals surface area contributed by atoms with Gasteiger partial charge in [-0.25, -0.2) is 9.97 Å². The van der Waals surface area contributed by atoms with E-state index in [1.165, 1.54) is 12.8 Å². The SMILES string of the molecule is NC1CCC(CNc2ccc3nccnc3n2)CC1. The summed E-state index contributed by atoms with van der Waals surface area (Å²) in [4.78, 5) is 12.9. The summed E-state index contributed by atoms with van der Waals surface area (Å²) in [5, 5.41) is 3.40. The van der Waals surface area contributed by atoms with Crippen LogP contribution in [0.5, 0.6) is 0 Å². The van der Waals surface area contributed by atoms with Crippen molar-refractivity contribution in [2.45, 2.75) is 31.7 Å². The minimum atomic E-state index is 0.408. The minimum Gasteiger partial charge on any atom is -0.370 e. The lowest BCUT2D eigenvalue weighted by Gasteiger charge is -2.26. The summed E-state index contributed by atoms with van der Waals surface area (Å²) in [6.07, 6.45) is 8.05. The Bertz CT molecular complexity index is 548. The van der Waals surface area contributed by atoms with E-state index in [0.717, 1.165) is 30.7 Å². The van der Waals surface area contributed by atoms with Crippen molar-refractivity contribution in [1.82, 2.24) is 15.0 Å². The fourth-order valence-electron chi connectivity index (χ4n) is 2.59. The number of anilines is 1. The van der Waals surface area contributed by atoms with E-state index in [0.29, 0.717) is 17.6 Å². The molecule has 0 bridgehead atoms. The normalized spacial score (nSPS) is 23.4. The molecule has 0 radical (unpaired) electrons. The number of nitrogens with zero attached hydrogens (tertiary/aromatic N) is 3. The van der Waals surface area contributed by atoms with Crippen LogP contribution in [0.15, 0.2) is 24.5 Å². The predicted molar refractivity (Wildman–Crippen MR) is 75.8 cm³/mol. The molecule has 2 aromatic rings. The second kappa shape index (κ2) is 5.48. The molecular weight excluding hydrogens is 238 g/mol. The highest BCUT2D eigenvalue weighted by Gasteiger charge is 2.18. The highest BCUT2D eigenvalue weighted by atomic mass is 15.0. The molecule has 3 rings (SSSR count). The minimum absolute atomic E-state index is 0.408. The maximum absolute atomic E-state index is 5.92. The third-order valence-corrected chi connectivity index (χ3v) is 3.79. The van der Waals surface area contributed by atoms with Gasteiger partial charge in [-0.3, -0.25) is 4.98 Å². The lowest BCUT2D eigenvalue weighted by molar-refractivity contribution is 0.338. The molecule has 100 valence electrons. The molecule has 2 heterocycles. The van der Waals surface area contributed by atoms with Crippen molar-refractivity contribution in [3.8, 4) is 0 Å². The molecule has 5 heteroatoms. The Morgan fingerprint density at radius 2 is 1.89 bits per heavy atom. The number of aromatic nitrogens is 3. The topological polar surface area (TPSA) is 76.7 Å². The van der Waals surface area contributed by atoms with Gasteiger partial charge in [-0.15, -0.1) is 0 Å². The maximum atomic E-state index is 5.92. The summed E-state index contributed by atoms with van der Waals surface area (Å²) >= 11 is 0. The number of nitrogens with two attached hydrogens (primary N) is 1. The molecule has 1 fully saturated rings. The summed E-state index contributed by atoms with van der Waals surface area (Å²) < 4.78 is 0. The first-order chi connectivity index (χ1) is 9.31. The van der Waals surface area contributed by atoms with Crippen LogP contribution in [0.1, 0.15) is 25.7 Å². The van der Waals surface area contributed by atoms with Gasteiger partial charge in [-0.2, -0.15) is 0 Å². The summed E-state index contributed by atoms with van der Waals surface area (Å²) in [6, 6.07) is 4.32. The molecule has 0 unspecified atom stereocenters. The van der Waals surface area contributed by atoms with Gasteiger partial charge in [0, 0.05) is 25.0 Å². The van der Waals surface area contributed by atoms with Crippen LogP contribution in [-0.4, -0.2) is 27.5 Å². The first kappa shape index (κ1) is 12.3. The van der Waals surface area contributed by atoms with Gasteiger partial charge in [0.15, 0.2) is 5.65 Å². The molecule has 0 amide bonds. The first-order valence-corrected chi connectivity index (χ1v) is 6.88. The third-order valence-electron chi connectivity index (χ3n) is 3.79. The molecule has 3 N–H and O–H groups in total. The van der Waals surface area contributed by atoms with Crippen LogP contribution in [0.3, 0.4) is 0 Å². The smallest absolute Gasteiger partial charge is 0.180 e. The Morgan fingerprint density at radius 1 is 1.11 bits per heavy atom. The van der Waals surface area contributed by atoms with Gasteiger partial charge in [0.05, 0.1) is 0 Å². The molecule has 0 saturated heterocycles. The fourth-order valence-corrected chi connectivity index (χ4v) is 2.59. The monoisotopic (exact) mass is 257 g/mol. The van der Waals surface area contributed by atoms with E-state index in [4.69, 9.17) is 5.73 Å². The molecule has 1 saturated carbocycles. The van der Waals surface area contributed by atoms with Gasteiger partial charge in [0.2, 0.25) is 0 Å². The molecule has 0 atom stereocenters. The van der Waals surface area contributed by atoms with E-state index < -0.39 is 0 Å². The highest BCUT2D eigenvalue weighted by molar-refractivity contribution is 5.71. The average molecular weight is 257 g/mol. The summed E-state index contributed by atoms with van der Waals surface area (Å²) in [5.41, 5.74) is 7.44. The molecule has 2 aromatic heterocycles. The lowest BCUT2D eigenvalue weighted by Crippen LogP contribution is -2.29. The van der Waals surface area contributed by atoms with Gasteiger partial charge >= 0.3 is 0 Å². The van der Waals surface area contributed by atoms with Crippen LogP contribution in [0.2, 0.25) is 0 Å². The Labute approximate surface area is 112 Å². The Morgan fingerprint density at radius 3 is 2.74 bits per heavy atom. The molecular formula is C14H19N5. The van der Waals surface area contributed by atoms with Crippen LogP contribution in [0, 0.1) is 5.92 Å². The van der Waals surface area contributed by atoms with Crippen molar-refractivity contribution < 1.29 is 0 Å². The Kier molecular flexibility index (Phi) is 3.55. The van der Waals surface area contributed by atoms with E-state index >= 15 is 0 Å². The van der Waals surface area contributed by atoms with E-state index in [2.05, 4.69) is 20.3 Å². The standard InChI is InChI=1S/C14H19N5/c15-11-3-1-10(2-4-11)9-18-13-6-5-12-14(19-13)17-8-7-16-12/h5-8,10-11H,1-4,9,15H2,(H,17,18,19). The van der Waals surface area contributed by atoms with Gasteiger partial charge in [-0.1, -0.05) is 0 Å². The van der Waals surface area contributed by atoms with Crippen LogP contribution in [-0.2, 0) is 0 Å². The Balaban J connectivity index is 1.62. The van der Waals surface area contributed by atoms with Crippen LogP contribution in [0.25, 0.3) is 11.2 Å². The highest BCUT2D eigenvalue weighted by Crippen LogP contribution is 2.23. The maximum Gasteiger partial charge on any atom is 0.180 e. The molecule has 5 nitrogen and oxygen atoms in total. The number of fused-ring (bicyclic) bond motifs is 1. The van der Waals surface area contributed by atoms with E-state index in [1.54, 1.807) is 12.4 Å². The van der Waals surface area contributed by atoms with E-state index in [9.17, 15) is 0 Å². The van der Waals surface area contributed by atoms with Gasteiger partial charge in [-0.05, 0) is 43.7 Å². The summed E-state index contributed by atoms with van der Waals surface area (Å²) in [6.45, 7) is 0.964. The van der Waals surface area contributed by atoms with Crippen molar-refractivity contribution in [1.29, 1.82) is 0 Å². The molecule has 0 aliphatic heterocycles. The summed E-state index contributed by atoms with van der Waals surface area (Å²) in [5.74, 6) is 1.59. The first-order valence-electron chi connectivity index (χ1n) is 6.88. The average Bonchev–Trinajstić information content (AvgIpc) is 2.46. The third kappa shape index (κ3) is 2.98. The molecule has 1 aliphatic rings. The quantitative estimate of drug-likeness (QED) is 0.879. The van der Waals surface area contributed by atoms with Gasteiger partial charge in [0.1, 0.15) is 11.3 Å². The number of hydrogen-bond acceptors (Lipinski definition) is 5. The number of nitrogens with one attached hydrogen (secondary N) is 1. The molecule has 19 heavy (non-hydrogen) atoms. The zero-order valence-electron chi connectivity index (χ0n) is 10.9. The fraction of sp³-hybridized carbons (Fsp3) is 0.500. The molecule has 1 aliphatic carbocycles. The largest absolute Gasteiger partial charge is 0.370 e. The predicted octanol–water partition coefficient (Wildman–Crippen LogP) is 1.95. The van der Waals surface area contributed by atoms with E-state index in [-0.39, 0.29) is 0 Å². The number of hydrogen-bond donors (Lipinski definition) is 2. The van der Waals surface area contributed by atoms with E-state index in [1.807, 2.05) is 12.1 Å². The molecule has 0 aromatic carbocycles. The van der Waals surface area contributed by atoms with Gasteiger partial charge in [0.25, 0.3) is 0 Å². The number of pyridine rings is 1. The Hall–Kier alpha value is -1.75. The van der Waals surface area contributed by atoms with Crippen molar-refractivity contribution >= 4 is 17.0 Å².